The first-order valence-electron chi connectivity index (χ1n) is 13.2. The molecular formula is C29H39N5O4. The van der Waals surface area contributed by atoms with Gasteiger partial charge in [-0.05, 0) is 86.3 Å². The van der Waals surface area contributed by atoms with Crippen molar-refractivity contribution >= 4 is 22.6 Å². The molecule has 0 saturated carbocycles. The van der Waals surface area contributed by atoms with Crippen LogP contribution in [0.2, 0.25) is 0 Å². The number of likely N-dealkylation sites (N-methyl/N-ethyl adjacent to an activating group) is 1. The summed E-state index contributed by atoms with van der Waals surface area (Å²) in [6.45, 7) is 11.7. The minimum atomic E-state index is -0.391. The number of nitrogens with one attached hydrogen (secondary N) is 2. The summed E-state index contributed by atoms with van der Waals surface area (Å²) in [5.41, 5.74) is 5.21. The Kier molecular flexibility index (Phi) is 9.04. The summed E-state index contributed by atoms with van der Waals surface area (Å²) in [6.07, 6.45) is 0. The number of pyridine rings is 1. The number of anilines is 1. The molecule has 0 bridgehead atoms. The third-order valence-electron chi connectivity index (χ3n) is 7.24. The van der Waals surface area contributed by atoms with E-state index in [2.05, 4.69) is 47.1 Å². The zero-order chi connectivity index (χ0) is 27.2. The third kappa shape index (κ3) is 6.53. The number of amides is 2. The Morgan fingerprint density at radius 2 is 1.84 bits per heavy atom. The molecule has 0 atom stereocenters. The van der Waals surface area contributed by atoms with E-state index < -0.39 is 6.03 Å². The summed E-state index contributed by atoms with van der Waals surface area (Å²) in [4.78, 5) is 35.4. The molecule has 1 saturated heterocycles. The molecule has 2 amide bonds. The van der Waals surface area contributed by atoms with Gasteiger partial charge >= 0.3 is 6.03 Å². The lowest BCUT2D eigenvalue weighted by atomic mass is 9.97. The highest BCUT2D eigenvalue weighted by Gasteiger charge is 2.19. The van der Waals surface area contributed by atoms with Gasteiger partial charge in [0.15, 0.2) is 0 Å². The lowest BCUT2D eigenvalue weighted by molar-refractivity contribution is 0.148. The molecule has 1 aromatic heterocycles. The number of urea groups is 1. The van der Waals surface area contributed by atoms with E-state index in [1.807, 2.05) is 13.0 Å². The number of aliphatic hydroxyl groups excluding tert-OH is 1. The number of aromatic amines is 1. The monoisotopic (exact) mass is 521 g/mol. The number of fused-ring (bicyclic) bond motifs is 1. The van der Waals surface area contributed by atoms with Crippen LogP contribution in [0.15, 0.2) is 41.2 Å². The molecule has 9 heteroatoms. The normalized spacial score (nSPS) is 14.6. The smallest absolute Gasteiger partial charge is 0.322 e. The minimum Gasteiger partial charge on any atom is -0.494 e. The number of hydrogen-bond donors (Lipinski definition) is 3. The number of carbonyl (C=O) groups excluding carboxylic acids is 1. The Balaban J connectivity index is 1.53. The molecule has 4 rings (SSSR count). The third-order valence-corrected chi connectivity index (χ3v) is 7.24. The van der Waals surface area contributed by atoms with Crippen molar-refractivity contribution in [3.05, 3.63) is 69.0 Å². The Labute approximate surface area is 224 Å². The van der Waals surface area contributed by atoms with Gasteiger partial charge in [0.2, 0.25) is 0 Å². The van der Waals surface area contributed by atoms with Crippen molar-refractivity contribution in [2.45, 2.75) is 33.9 Å². The fraction of sp³-hybridized carbons (Fsp3) is 0.448. The summed E-state index contributed by atoms with van der Waals surface area (Å²) in [5, 5.41) is 13.4. The number of aromatic nitrogens is 1. The Bertz CT molecular complexity index is 1310. The molecule has 1 aliphatic heterocycles. The molecule has 38 heavy (non-hydrogen) atoms. The highest BCUT2D eigenvalue weighted by Crippen LogP contribution is 2.26. The van der Waals surface area contributed by atoms with Crippen LogP contribution < -0.4 is 15.6 Å². The van der Waals surface area contributed by atoms with Crippen LogP contribution in [-0.2, 0) is 13.1 Å². The van der Waals surface area contributed by atoms with E-state index in [-0.39, 0.29) is 25.3 Å². The van der Waals surface area contributed by atoms with Crippen LogP contribution in [0.1, 0.15) is 29.2 Å². The highest BCUT2D eigenvalue weighted by molar-refractivity contribution is 5.89. The number of benzene rings is 2. The second kappa shape index (κ2) is 12.4. The second-order valence-electron chi connectivity index (χ2n) is 10.00. The second-order valence-corrected chi connectivity index (χ2v) is 10.00. The van der Waals surface area contributed by atoms with E-state index in [9.17, 15) is 14.7 Å². The Hall–Kier alpha value is -3.40. The van der Waals surface area contributed by atoms with E-state index in [1.54, 1.807) is 24.3 Å². The summed E-state index contributed by atoms with van der Waals surface area (Å²) >= 11 is 0. The van der Waals surface area contributed by atoms with Crippen LogP contribution in [0, 0.1) is 13.8 Å². The molecule has 1 fully saturated rings. The highest BCUT2D eigenvalue weighted by atomic mass is 16.5. The molecule has 0 radical (unpaired) electrons. The van der Waals surface area contributed by atoms with Crippen molar-refractivity contribution in [3.8, 4) is 5.75 Å². The molecule has 2 heterocycles. The number of ether oxygens (including phenoxy) is 1. The SMILES string of the molecule is CCOc1ccc(NC(=O)N(CCO)Cc2cc3cc(C)c(CN4CCN(C)CC4)c(C)c3[nH]c2=O)cc1. The largest absolute Gasteiger partial charge is 0.494 e. The average Bonchev–Trinajstić information content (AvgIpc) is 2.89. The van der Waals surface area contributed by atoms with Crippen LogP contribution in [0.5, 0.6) is 5.75 Å². The molecule has 0 aliphatic carbocycles. The first kappa shape index (κ1) is 27.6. The zero-order valence-corrected chi connectivity index (χ0v) is 22.8. The summed E-state index contributed by atoms with van der Waals surface area (Å²) in [7, 11) is 2.15. The maximum atomic E-state index is 13.1. The summed E-state index contributed by atoms with van der Waals surface area (Å²) < 4.78 is 5.45. The molecular weight excluding hydrogens is 482 g/mol. The van der Waals surface area contributed by atoms with Gasteiger partial charge in [-0.3, -0.25) is 9.69 Å². The van der Waals surface area contributed by atoms with E-state index in [4.69, 9.17) is 4.74 Å². The van der Waals surface area contributed by atoms with Crippen LogP contribution in [0.4, 0.5) is 10.5 Å². The van der Waals surface area contributed by atoms with Gasteiger partial charge in [0.25, 0.3) is 5.56 Å². The van der Waals surface area contributed by atoms with Crippen molar-refractivity contribution in [3.63, 3.8) is 0 Å². The molecule has 3 N–H and O–H groups in total. The molecule has 9 nitrogen and oxygen atoms in total. The number of hydrogen-bond acceptors (Lipinski definition) is 6. The topological polar surface area (TPSA) is 101 Å². The molecule has 3 aromatic rings. The van der Waals surface area contributed by atoms with Gasteiger partial charge in [0, 0.05) is 50.5 Å². The van der Waals surface area contributed by atoms with Crippen LogP contribution in [0.25, 0.3) is 10.9 Å². The molecule has 204 valence electrons. The van der Waals surface area contributed by atoms with Gasteiger partial charge in [-0.15, -0.1) is 0 Å². The van der Waals surface area contributed by atoms with Crippen molar-refractivity contribution in [2.75, 3.05) is 58.3 Å². The molecule has 1 aliphatic rings. The van der Waals surface area contributed by atoms with E-state index in [0.717, 1.165) is 54.9 Å². The zero-order valence-electron chi connectivity index (χ0n) is 22.8. The van der Waals surface area contributed by atoms with Gasteiger partial charge in [-0.25, -0.2) is 4.79 Å². The van der Waals surface area contributed by atoms with E-state index in [0.29, 0.717) is 17.9 Å². The predicted molar refractivity (Wildman–Crippen MR) is 151 cm³/mol. The number of H-pyrrole nitrogens is 1. The Morgan fingerprint density at radius 3 is 2.50 bits per heavy atom. The van der Waals surface area contributed by atoms with Gasteiger partial charge in [-0.2, -0.15) is 0 Å². The summed E-state index contributed by atoms with van der Waals surface area (Å²) in [5.74, 6) is 0.720. The maximum absolute atomic E-state index is 13.1. The lowest BCUT2D eigenvalue weighted by Gasteiger charge is -2.33. The van der Waals surface area contributed by atoms with Crippen molar-refractivity contribution < 1.29 is 14.6 Å². The number of carbonyl (C=O) groups is 1. The van der Waals surface area contributed by atoms with Crippen molar-refractivity contribution in [2.24, 2.45) is 0 Å². The van der Waals surface area contributed by atoms with Crippen LogP contribution >= 0.6 is 0 Å². The van der Waals surface area contributed by atoms with Crippen molar-refractivity contribution in [1.82, 2.24) is 19.7 Å². The fourth-order valence-corrected chi connectivity index (χ4v) is 4.96. The average molecular weight is 522 g/mol. The number of nitrogens with zero attached hydrogens (tertiary/aromatic N) is 3. The number of aryl methyl sites for hydroxylation is 2. The van der Waals surface area contributed by atoms with Crippen molar-refractivity contribution in [1.29, 1.82) is 0 Å². The first-order chi connectivity index (χ1) is 18.3. The van der Waals surface area contributed by atoms with Gasteiger partial charge in [-0.1, -0.05) is 0 Å². The summed E-state index contributed by atoms with van der Waals surface area (Å²) in [6, 6.07) is 10.7. The maximum Gasteiger partial charge on any atom is 0.322 e. The quantitative estimate of drug-likeness (QED) is 0.399. The number of piperazine rings is 1. The predicted octanol–water partition coefficient (Wildman–Crippen LogP) is 3.32. The van der Waals surface area contributed by atoms with Gasteiger partial charge in [0.05, 0.1) is 25.3 Å². The molecule has 0 spiro atoms. The lowest BCUT2D eigenvalue weighted by Crippen LogP contribution is -2.44. The van der Waals surface area contributed by atoms with Crippen LogP contribution in [-0.4, -0.2) is 83.8 Å². The van der Waals surface area contributed by atoms with Gasteiger partial charge < -0.3 is 29.9 Å². The fourth-order valence-electron chi connectivity index (χ4n) is 4.96. The van der Waals surface area contributed by atoms with E-state index >= 15 is 0 Å². The molecule has 0 unspecified atom stereocenters. The molecule has 2 aromatic carbocycles. The minimum absolute atomic E-state index is 0.0792. The first-order valence-corrected chi connectivity index (χ1v) is 13.2. The standard InChI is InChI=1S/C29H39N5O4/c1-5-38-25-8-6-24(7-9-25)30-29(37)34(14-15-35)18-23-17-22-16-20(2)26(21(3)27(22)31-28(23)36)19-33-12-10-32(4)11-13-33/h6-9,16-17,35H,5,10-15,18-19H2,1-4H3,(H,30,37)(H,31,36). The van der Waals surface area contributed by atoms with Gasteiger partial charge in [0.1, 0.15) is 5.75 Å². The van der Waals surface area contributed by atoms with Crippen LogP contribution in [0.3, 0.4) is 0 Å². The Morgan fingerprint density at radius 1 is 1.13 bits per heavy atom. The number of aliphatic hydroxyl groups is 1. The number of rotatable bonds is 9. The van der Waals surface area contributed by atoms with E-state index in [1.165, 1.54) is 16.0 Å².